The van der Waals surface area contributed by atoms with Crippen molar-refractivity contribution in [1.82, 2.24) is 14.4 Å². The van der Waals surface area contributed by atoms with E-state index < -0.39 is 0 Å². The van der Waals surface area contributed by atoms with Gasteiger partial charge in [0.15, 0.2) is 11.5 Å². The van der Waals surface area contributed by atoms with Crippen LogP contribution in [0.25, 0.3) is 17.0 Å². The van der Waals surface area contributed by atoms with Gasteiger partial charge in [-0.25, -0.2) is 4.98 Å². The molecule has 6 nitrogen and oxygen atoms in total. The second-order valence-corrected chi connectivity index (χ2v) is 7.10. The summed E-state index contributed by atoms with van der Waals surface area (Å²) in [6.45, 7) is 1.88. The number of piperidine rings is 1. The van der Waals surface area contributed by atoms with Gasteiger partial charge in [-0.2, -0.15) is 4.98 Å². The first-order valence-electron chi connectivity index (χ1n) is 9.37. The third-order valence-electron chi connectivity index (χ3n) is 5.44. The van der Waals surface area contributed by atoms with E-state index in [-0.39, 0.29) is 13.5 Å². The van der Waals surface area contributed by atoms with Crippen molar-refractivity contribution in [3.63, 3.8) is 0 Å². The zero-order chi connectivity index (χ0) is 18.2. The van der Waals surface area contributed by atoms with Crippen molar-refractivity contribution in [1.29, 1.82) is 0 Å². The van der Waals surface area contributed by atoms with Crippen LogP contribution in [0.5, 0.6) is 11.5 Å². The van der Waals surface area contributed by atoms with Gasteiger partial charge in [-0.3, -0.25) is 8.79 Å². The molecule has 0 N–H and O–H groups in total. The van der Waals surface area contributed by atoms with E-state index in [1.54, 1.807) is 0 Å². The molecule has 2 aliphatic heterocycles. The van der Waals surface area contributed by atoms with Gasteiger partial charge in [-0.1, -0.05) is 0 Å². The van der Waals surface area contributed by atoms with E-state index in [9.17, 15) is 4.39 Å². The summed E-state index contributed by atoms with van der Waals surface area (Å²) in [6.07, 6.45) is 6.69. The summed E-state index contributed by atoms with van der Waals surface area (Å²) in [6, 6.07) is 7.85. The summed E-state index contributed by atoms with van der Waals surface area (Å²) in [5.41, 5.74) is 1.82. The Morgan fingerprint density at radius 3 is 2.78 bits per heavy atom. The smallest absolute Gasteiger partial charge is 0.236 e. The van der Waals surface area contributed by atoms with Crippen molar-refractivity contribution < 1.29 is 13.9 Å². The van der Waals surface area contributed by atoms with Gasteiger partial charge in [0, 0.05) is 31.0 Å². The topological polar surface area (TPSA) is 51.9 Å². The largest absolute Gasteiger partial charge is 0.454 e. The van der Waals surface area contributed by atoms with Crippen molar-refractivity contribution in [3.8, 4) is 22.8 Å². The lowest BCUT2D eigenvalue weighted by Gasteiger charge is -2.32. The minimum atomic E-state index is -0.217. The number of nitrogens with zero attached hydrogens (tertiary/aromatic N) is 4. The molecule has 140 valence electrons. The number of hydrogen-bond acceptors (Lipinski definition) is 5. The van der Waals surface area contributed by atoms with Crippen LogP contribution in [-0.4, -0.2) is 40.9 Å². The van der Waals surface area contributed by atoms with Gasteiger partial charge in [-0.05, 0) is 49.4 Å². The van der Waals surface area contributed by atoms with Gasteiger partial charge < -0.3 is 14.4 Å². The molecule has 3 aromatic rings. The number of hydrogen-bond donors (Lipinski definition) is 0. The normalized spacial score (nSPS) is 17.0. The summed E-state index contributed by atoms with van der Waals surface area (Å²) in [4.78, 5) is 11.7. The summed E-state index contributed by atoms with van der Waals surface area (Å²) < 4.78 is 25.3. The van der Waals surface area contributed by atoms with Crippen molar-refractivity contribution in [2.24, 2.45) is 5.92 Å². The Bertz CT molecular complexity index is 966. The molecule has 0 saturated carbocycles. The summed E-state index contributed by atoms with van der Waals surface area (Å²) in [5, 5.41) is 0. The van der Waals surface area contributed by atoms with E-state index in [4.69, 9.17) is 14.5 Å². The van der Waals surface area contributed by atoms with Gasteiger partial charge in [0.1, 0.15) is 5.82 Å². The molecule has 1 saturated heterocycles. The van der Waals surface area contributed by atoms with E-state index in [0.29, 0.717) is 18.1 Å². The molecule has 7 heteroatoms. The molecule has 0 bridgehead atoms. The molecule has 0 amide bonds. The average Bonchev–Trinajstić information content (AvgIpc) is 3.34. The lowest BCUT2D eigenvalue weighted by Crippen LogP contribution is -2.34. The molecule has 0 aliphatic carbocycles. The predicted molar refractivity (Wildman–Crippen MR) is 100 cm³/mol. The fourth-order valence-electron chi connectivity index (χ4n) is 3.84. The van der Waals surface area contributed by atoms with E-state index >= 15 is 0 Å². The Morgan fingerprint density at radius 1 is 1.07 bits per heavy atom. The maximum Gasteiger partial charge on any atom is 0.236 e. The number of fused-ring (bicyclic) bond motifs is 2. The van der Waals surface area contributed by atoms with Crippen LogP contribution in [0.15, 0.2) is 36.7 Å². The summed E-state index contributed by atoms with van der Waals surface area (Å²) in [7, 11) is 0. The number of benzene rings is 1. The second-order valence-electron chi connectivity index (χ2n) is 7.10. The molecular formula is C20H21FN4O2. The van der Waals surface area contributed by atoms with Crippen LogP contribution < -0.4 is 14.4 Å². The molecule has 5 rings (SSSR count). The quantitative estimate of drug-likeness (QED) is 0.703. The maximum atomic E-state index is 12.5. The molecule has 0 spiro atoms. The maximum absolute atomic E-state index is 12.5. The summed E-state index contributed by atoms with van der Waals surface area (Å²) in [5.74, 6) is 3.61. The monoisotopic (exact) mass is 368 g/mol. The standard InChI is InChI=1S/C20H21FN4O2/c21-7-3-14-4-8-24(9-5-14)19-6-10-25-12-16(22-20(25)23-19)15-1-2-17-18(11-15)27-13-26-17/h1-2,6,10-12,14H,3-5,7-9,13H2. The molecule has 4 heterocycles. The number of alkyl halides is 1. The van der Waals surface area contributed by atoms with E-state index in [1.165, 1.54) is 0 Å². The van der Waals surface area contributed by atoms with E-state index in [1.807, 2.05) is 41.1 Å². The zero-order valence-electron chi connectivity index (χ0n) is 15.0. The number of imidazole rings is 1. The number of rotatable bonds is 4. The van der Waals surface area contributed by atoms with Crippen molar-refractivity contribution in [2.75, 3.05) is 31.5 Å². The molecule has 0 unspecified atom stereocenters. The molecule has 27 heavy (non-hydrogen) atoms. The zero-order valence-corrected chi connectivity index (χ0v) is 15.0. The molecule has 0 radical (unpaired) electrons. The molecular weight excluding hydrogens is 347 g/mol. The number of aromatic nitrogens is 3. The van der Waals surface area contributed by atoms with Crippen LogP contribution in [0, 0.1) is 5.92 Å². The first kappa shape index (κ1) is 16.4. The SMILES string of the molecule is FCCC1CCN(c2ccn3cc(-c4ccc5c(c4)OCO5)nc3n2)CC1. The minimum Gasteiger partial charge on any atom is -0.454 e. The van der Waals surface area contributed by atoms with Crippen LogP contribution in [0.1, 0.15) is 19.3 Å². The number of halogens is 1. The fourth-order valence-corrected chi connectivity index (χ4v) is 3.84. The number of ether oxygens (including phenoxy) is 2. The highest BCUT2D eigenvalue weighted by molar-refractivity contribution is 5.66. The van der Waals surface area contributed by atoms with Crippen molar-refractivity contribution >= 4 is 11.6 Å². The van der Waals surface area contributed by atoms with Crippen molar-refractivity contribution in [3.05, 3.63) is 36.7 Å². The minimum absolute atomic E-state index is 0.217. The van der Waals surface area contributed by atoms with Crippen LogP contribution in [-0.2, 0) is 0 Å². The average molecular weight is 368 g/mol. The third-order valence-corrected chi connectivity index (χ3v) is 5.44. The second kappa shape index (κ2) is 6.72. The highest BCUT2D eigenvalue weighted by Crippen LogP contribution is 2.35. The van der Waals surface area contributed by atoms with E-state index in [2.05, 4.69) is 9.88 Å². The Labute approximate surface area is 156 Å². The molecule has 2 aliphatic rings. The number of anilines is 1. The van der Waals surface area contributed by atoms with Gasteiger partial charge in [-0.15, -0.1) is 0 Å². The molecule has 0 atom stereocenters. The highest BCUT2D eigenvalue weighted by atomic mass is 19.1. The van der Waals surface area contributed by atoms with Gasteiger partial charge in [0.25, 0.3) is 0 Å². The first-order chi connectivity index (χ1) is 13.3. The summed E-state index contributed by atoms with van der Waals surface area (Å²) >= 11 is 0. The van der Waals surface area contributed by atoms with Crippen LogP contribution in [0.4, 0.5) is 10.2 Å². The molecule has 2 aromatic heterocycles. The Kier molecular flexibility index (Phi) is 4.07. The van der Waals surface area contributed by atoms with E-state index in [0.717, 1.165) is 54.5 Å². The van der Waals surface area contributed by atoms with Crippen molar-refractivity contribution in [2.45, 2.75) is 19.3 Å². The first-order valence-corrected chi connectivity index (χ1v) is 9.37. The molecule has 1 aromatic carbocycles. The Hall–Kier alpha value is -2.83. The van der Waals surface area contributed by atoms with Crippen LogP contribution in [0.2, 0.25) is 0 Å². The predicted octanol–water partition coefficient (Wildman–Crippen LogP) is 3.70. The van der Waals surface area contributed by atoms with Gasteiger partial charge in [0.05, 0.1) is 12.4 Å². The lowest BCUT2D eigenvalue weighted by atomic mass is 9.94. The third kappa shape index (κ3) is 3.07. The Balaban J connectivity index is 1.39. The highest BCUT2D eigenvalue weighted by Gasteiger charge is 2.21. The van der Waals surface area contributed by atoms with Crippen LogP contribution >= 0.6 is 0 Å². The van der Waals surface area contributed by atoms with Crippen LogP contribution in [0.3, 0.4) is 0 Å². The fraction of sp³-hybridized carbons (Fsp3) is 0.400. The van der Waals surface area contributed by atoms with Gasteiger partial charge in [0.2, 0.25) is 12.6 Å². The Morgan fingerprint density at radius 2 is 1.93 bits per heavy atom. The van der Waals surface area contributed by atoms with Gasteiger partial charge >= 0.3 is 0 Å². The lowest BCUT2D eigenvalue weighted by molar-refractivity contribution is 0.174. The molecule has 1 fully saturated rings.